The molecule has 1 unspecified atom stereocenters. The van der Waals surface area contributed by atoms with Gasteiger partial charge in [-0.3, -0.25) is 9.59 Å². The van der Waals surface area contributed by atoms with Crippen molar-refractivity contribution in [1.29, 1.82) is 0 Å². The number of aliphatic hydroxyl groups excluding tert-OH is 1. The van der Waals surface area contributed by atoms with Gasteiger partial charge in [0.25, 0.3) is 0 Å². The molecule has 0 aromatic heterocycles. The highest BCUT2D eigenvalue weighted by Gasteiger charge is 2.22. The van der Waals surface area contributed by atoms with Crippen molar-refractivity contribution in [2.45, 2.75) is 45.1 Å². The molecule has 5 nitrogen and oxygen atoms in total. The molecule has 0 bridgehead atoms. The maximum atomic E-state index is 13.5. The second kappa shape index (κ2) is 9.25. The summed E-state index contributed by atoms with van der Waals surface area (Å²) in [6, 6.07) is 6.39. The minimum absolute atomic E-state index is 0.204. The van der Waals surface area contributed by atoms with Crippen molar-refractivity contribution in [2.75, 3.05) is 0 Å². The molecule has 0 aliphatic carbocycles. The molecule has 23 heavy (non-hydrogen) atoms. The minimum atomic E-state index is -0.754. The van der Waals surface area contributed by atoms with E-state index in [0.717, 1.165) is 0 Å². The highest BCUT2D eigenvalue weighted by molar-refractivity contribution is 5.77. The summed E-state index contributed by atoms with van der Waals surface area (Å²) >= 11 is 0. The first-order valence-electron chi connectivity index (χ1n) is 7.81. The number of benzene rings is 1. The van der Waals surface area contributed by atoms with E-state index in [4.69, 9.17) is 11.5 Å². The molecule has 1 aromatic rings. The van der Waals surface area contributed by atoms with Crippen molar-refractivity contribution in [1.82, 2.24) is 0 Å². The molecule has 128 valence electrons. The predicted octanol–water partition coefficient (Wildman–Crippen LogP) is 1.51. The first-order valence-corrected chi connectivity index (χ1v) is 7.81. The van der Waals surface area contributed by atoms with Gasteiger partial charge in [-0.1, -0.05) is 25.1 Å². The van der Waals surface area contributed by atoms with E-state index >= 15 is 0 Å². The Hall–Kier alpha value is -1.95. The first-order chi connectivity index (χ1) is 10.8. The van der Waals surface area contributed by atoms with Crippen molar-refractivity contribution in [3.63, 3.8) is 0 Å². The molecule has 1 aromatic carbocycles. The molecule has 0 fully saturated rings. The van der Waals surface area contributed by atoms with Gasteiger partial charge in [-0.2, -0.15) is 0 Å². The van der Waals surface area contributed by atoms with Gasteiger partial charge in [0.2, 0.25) is 11.8 Å². The first kappa shape index (κ1) is 19.1. The van der Waals surface area contributed by atoms with E-state index in [2.05, 4.69) is 0 Å². The number of hydrogen-bond acceptors (Lipinski definition) is 3. The summed E-state index contributed by atoms with van der Waals surface area (Å²) in [6.07, 6.45) is 1.03. The molecule has 0 radical (unpaired) electrons. The lowest BCUT2D eigenvalue weighted by Gasteiger charge is -2.19. The molecule has 0 spiro atoms. The number of rotatable bonds is 10. The molecule has 5 N–H and O–H groups in total. The molecular weight excluding hydrogens is 299 g/mol. The summed E-state index contributed by atoms with van der Waals surface area (Å²) in [6.45, 7) is 1.69. The quantitative estimate of drug-likeness (QED) is 0.607. The fourth-order valence-electron chi connectivity index (χ4n) is 2.44. The van der Waals surface area contributed by atoms with Crippen molar-refractivity contribution in [3.8, 4) is 0 Å². The fourth-order valence-corrected chi connectivity index (χ4v) is 2.44. The Morgan fingerprint density at radius 2 is 1.78 bits per heavy atom. The number of aryl methyl sites for hydroxylation is 1. The summed E-state index contributed by atoms with van der Waals surface area (Å²) < 4.78 is 13.5. The molecular formula is C17H25FN2O3. The van der Waals surface area contributed by atoms with Gasteiger partial charge in [-0.05, 0) is 43.7 Å². The predicted molar refractivity (Wildman–Crippen MR) is 85.6 cm³/mol. The van der Waals surface area contributed by atoms with E-state index < -0.39 is 23.8 Å². The molecule has 3 atom stereocenters. The molecule has 0 saturated carbocycles. The average molecular weight is 324 g/mol. The van der Waals surface area contributed by atoms with Crippen LogP contribution in [0.1, 0.15) is 38.2 Å². The summed E-state index contributed by atoms with van der Waals surface area (Å²) in [5.74, 6) is -2.10. The Morgan fingerprint density at radius 3 is 2.35 bits per heavy atom. The van der Waals surface area contributed by atoms with Crippen molar-refractivity contribution < 1.29 is 19.1 Å². The van der Waals surface area contributed by atoms with Crippen molar-refractivity contribution in [2.24, 2.45) is 23.3 Å². The number of carbonyl (C=O) groups is 2. The van der Waals surface area contributed by atoms with E-state index in [-0.39, 0.29) is 18.2 Å². The third kappa shape index (κ3) is 6.78. The summed E-state index contributed by atoms with van der Waals surface area (Å²) in [4.78, 5) is 22.5. The molecule has 0 aliphatic rings. The van der Waals surface area contributed by atoms with Crippen LogP contribution < -0.4 is 11.5 Å². The van der Waals surface area contributed by atoms with E-state index in [1.807, 2.05) is 0 Å². The highest BCUT2D eigenvalue weighted by atomic mass is 19.1. The fraction of sp³-hybridized carbons (Fsp3) is 0.529. The number of aliphatic hydroxyl groups is 1. The maximum absolute atomic E-state index is 13.5. The Kier molecular flexibility index (Phi) is 7.68. The number of carbonyl (C=O) groups excluding carboxylic acids is 2. The van der Waals surface area contributed by atoms with Crippen LogP contribution >= 0.6 is 0 Å². The topological polar surface area (TPSA) is 106 Å². The number of halogens is 1. The lowest BCUT2D eigenvalue weighted by atomic mass is 9.90. The molecule has 6 heteroatoms. The summed E-state index contributed by atoms with van der Waals surface area (Å²) in [5.41, 5.74) is 11.1. The average Bonchev–Trinajstić information content (AvgIpc) is 2.49. The van der Waals surface area contributed by atoms with Gasteiger partial charge in [0.15, 0.2) is 0 Å². The van der Waals surface area contributed by atoms with Crippen LogP contribution in [0.3, 0.4) is 0 Å². The van der Waals surface area contributed by atoms with Crippen LogP contribution in [-0.2, 0) is 16.0 Å². The lowest BCUT2D eigenvalue weighted by molar-refractivity contribution is -0.125. The Bertz CT molecular complexity index is 536. The zero-order valence-electron chi connectivity index (χ0n) is 13.4. The minimum Gasteiger partial charge on any atom is -0.393 e. The van der Waals surface area contributed by atoms with Gasteiger partial charge in [-0.15, -0.1) is 0 Å². The number of amides is 2. The molecule has 0 aliphatic heterocycles. The second-order valence-corrected chi connectivity index (χ2v) is 6.00. The molecule has 2 amide bonds. The van der Waals surface area contributed by atoms with Gasteiger partial charge in [0.1, 0.15) is 5.82 Å². The Balaban J connectivity index is 2.48. The largest absolute Gasteiger partial charge is 0.393 e. The van der Waals surface area contributed by atoms with Crippen LogP contribution in [0.5, 0.6) is 0 Å². The molecule has 0 saturated heterocycles. The van der Waals surface area contributed by atoms with Crippen LogP contribution in [0.2, 0.25) is 0 Å². The Labute approximate surface area is 135 Å². The van der Waals surface area contributed by atoms with Gasteiger partial charge in [-0.25, -0.2) is 4.39 Å². The maximum Gasteiger partial charge on any atom is 0.220 e. The number of primary amides is 2. The third-order valence-electron chi connectivity index (χ3n) is 4.10. The van der Waals surface area contributed by atoms with Crippen molar-refractivity contribution in [3.05, 3.63) is 35.6 Å². The van der Waals surface area contributed by atoms with Crippen LogP contribution in [-0.4, -0.2) is 23.0 Å². The van der Waals surface area contributed by atoms with Gasteiger partial charge < -0.3 is 16.6 Å². The van der Waals surface area contributed by atoms with E-state index in [1.165, 1.54) is 6.07 Å². The van der Waals surface area contributed by atoms with Gasteiger partial charge in [0, 0.05) is 11.8 Å². The molecule has 1 rings (SSSR count). The normalized spacial score (nSPS) is 14.9. The smallest absolute Gasteiger partial charge is 0.220 e. The van der Waals surface area contributed by atoms with E-state index in [1.54, 1.807) is 25.1 Å². The van der Waals surface area contributed by atoms with E-state index in [9.17, 15) is 19.1 Å². The second-order valence-electron chi connectivity index (χ2n) is 6.00. The zero-order chi connectivity index (χ0) is 17.4. The monoisotopic (exact) mass is 324 g/mol. The number of hydrogen-bond donors (Lipinski definition) is 3. The van der Waals surface area contributed by atoms with Gasteiger partial charge >= 0.3 is 0 Å². The van der Waals surface area contributed by atoms with Crippen LogP contribution in [0, 0.1) is 17.7 Å². The summed E-state index contributed by atoms with van der Waals surface area (Å²) in [7, 11) is 0. The third-order valence-corrected chi connectivity index (χ3v) is 4.10. The van der Waals surface area contributed by atoms with Crippen LogP contribution in [0.15, 0.2) is 24.3 Å². The standard InChI is InChI=1S/C17H25FN2O3/c1-11(16(19)22)6-7-13(17(20)23)10-14(21)9-8-12-4-2-3-5-15(12)18/h2-5,11,13-14,21H,6-10H2,1H3,(H2,19,22)(H2,20,23)/t11?,13-,14+/m1/s1. The summed E-state index contributed by atoms with van der Waals surface area (Å²) in [5, 5.41) is 10.1. The highest BCUT2D eigenvalue weighted by Crippen LogP contribution is 2.20. The van der Waals surface area contributed by atoms with E-state index in [0.29, 0.717) is 31.2 Å². The van der Waals surface area contributed by atoms with Crippen molar-refractivity contribution >= 4 is 11.8 Å². The Morgan fingerprint density at radius 1 is 1.13 bits per heavy atom. The molecule has 0 heterocycles. The van der Waals surface area contributed by atoms with Gasteiger partial charge in [0.05, 0.1) is 6.10 Å². The lowest BCUT2D eigenvalue weighted by Crippen LogP contribution is -2.29. The zero-order valence-corrected chi connectivity index (χ0v) is 13.4. The van der Waals surface area contributed by atoms with Crippen LogP contribution in [0.25, 0.3) is 0 Å². The number of nitrogens with two attached hydrogens (primary N) is 2. The SMILES string of the molecule is CC(CC[C@H](C[C@@H](O)CCc1ccccc1F)C(N)=O)C(N)=O. The van der Waals surface area contributed by atoms with Crippen LogP contribution in [0.4, 0.5) is 4.39 Å².